The maximum absolute atomic E-state index is 11.2. The third-order valence-electron chi connectivity index (χ3n) is 3.34. The molecule has 1 aromatic rings. The molecular weight excluding hydrogens is 338 g/mol. The van der Waals surface area contributed by atoms with E-state index in [-0.39, 0.29) is 18.0 Å². The number of nitro benzene ring substituents is 1. The number of aliphatic hydroxyl groups is 1. The number of carbonyl (C=O) groups is 2. The van der Waals surface area contributed by atoms with E-state index in [9.17, 15) is 24.8 Å². The summed E-state index contributed by atoms with van der Waals surface area (Å²) in [6.45, 7) is 2.14. The molecule has 0 amide bonds. The van der Waals surface area contributed by atoms with Gasteiger partial charge in [-0.25, -0.2) is 0 Å². The number of non-ortho nitro benzene ring substituents is 1. The van der Waals surface area contributed by atoms with Crippen LogP contribution >= 0.6 is 0 Å². The van der Waals surface area contributed by atoms with Crippen LogP contribution in [0.5, 0.6) is 5.75 Å². The van der Waals surface area contributed by atoms with Gasteiger partial charge in [-0.05, 0) is 12.1 Å². The predicted octanol–water partition coefficient (Wildman–Crippen LogP) is 0.554. The molecule has 0 radical (unpaired) electrons. The van der Waals surface area contributed by atoms with Gasteiger partial charge in [0.05, 0.1) is 4.92 Å². The molecule has 0 aromatic heterocycles. The van der Waals surface area contributed by atoms with Gasteiger partial charge >= 0.3 is 11.9 Å². The van der Waals surface area contributed by atoms with Gasteiger partial charge in [-0.3, -0.25) is 19.7 Å². The fraction of sp³-hybridized carbons (Fsp3) is 0.467. The third kappa shape index (κ3) is 4.88. The Hall–Kier alpha value is -2.72. The third-order valence-corrected chi connectivity index (χ3v) is 3.34. The van der Waals surface area contributed by atoms with Crippen molar-refractivity contribution in [2.75, 3.05) is 6.61 Å². The predicted molar refractivity (Wildman–Crippen MR) is 80.6 cm³/mol. The molecule has 0 unspecified atom stereocenters. The van der Waals surface area contributed by atoms with Crippen LogP contribution < -0.4 is 4.74 Å². The van der Waals surface area contributed by atoms with Gasteiger partial charge in [-0.15, -0.1) is 0 Å². The summed E-state index contributed by atoms with van der Waals surface area (Å²) in [4.78, 5) is 32.2. The van der Waals surface area contributed by atoms with E-state index in [0.717, 1.165) is 0 Å². The van der Waals surface area contributed by atoms with Crippen LogP contribution in [0.1, 0.15) is 13.8 Å². The summed E-state index contributed by atoms with van der Waals surface area (Å²) < 4.78 is 20.7. The van der Waals surface area contributed by atoms with Crippen LogP contribution in [0.3, 0.4) is 0 Å². The van der Waals surface area contributed by atoms with Crippen LogP contribution in [0, 0.1) is 10.1 Å². The van der Waals surface area contributed by atoms with Crippen molar-refractivity contribution in [2.45, 2.75) is 38.4 Å². The lowest BCUT2D eigenvalue weighted by Crippen LogP contribution is -2.39. The Morgan fingerprint density at radius 1 is 1.24 bits per heavy atom. The average molecular weight is 355 g/mol. The van der Waals surface area contributed by atoms with Gasteiger partial charge in [0.15, 0.2) is 12.2 Å². The lowest BCUT2D eigenvalue weighted by Gasteiger charge is -2.19. The molecule has 1 aromatic carbocycles. The molecule has 10 heteroatoms. The molecule has 1 saturated heterocycles. The first-order valence-electron chi connectivity index (χ1n) is 7.33. The van der Waals surface area contributed by atoms with E-state index >= 15 is 0 Å². The van der Waals surface area contributed by atoms with Crippen molar-refractivity contribution in [2.24, 2.45) is 0 Å². The second-order valence-electron chi connectivity index (χ2n) is 5.28. The van der Waals surface area contributed by atoms with E-state index in [2.05, 4.69) is 0 Å². The Kier molecular flexibility index (Phi) is 5.88. The zero-order valence-corrected chi connectivity index (χ0v) is 13.5. The first kappa shape index (κ1) is 18.6. The second-order valence-corrected chi connectivity index (χ2v) is 5.28. The number of rotatable bonds is 6. The Morgan fingerprint density at radius 2 is 1.88 bits per heavy atom. The lowest BCUT2D eigenvalue weighted by molar-refractivity contribution is -0.384. The van der Waals surface area contributed by atoms with E-state index in [1.807, 2.05) is 0 Å². The molecular formula is C15H17NO9. The fourth-order valence-electron chi connectivity index (χ4n) is 2.25. The van der Waals surface area contributed by atoms with Crippen molar-refractivity contribution in [1.29, 1.82) is 0 Å². The highest BCUT2D eigenvalue weighted by Crippen LogP contribution is 2.28. The number of nitrogens with zero attached hydrogens (tertiary/aromatic N) is 1. The van der Waals surface area contributed by atoms with Gasteiger partial charge in [0.1, 0.15) is 18.5 Å². The highest BCUT2D eigenvalue weighted by atomic mass is 16.7. The lowest BCUT2D eigenvalue weighted by atomic mass is 10.1. The van der Waals surface area contributed by atoms with Crippen molar-refractivity contribution >= 4 is 17.6 Å². The number of hydrogen-bond acceptors (Lipinski definition) is 9. The zero-order valence-electron chi connectivity index (χ0n) is 13.5. The van der Waals surface area contributed by atoms with E-state index < -0.39 is 41.5 Å². The molecule has 10 nitrogen and oxygen atoms in total. The molecule has 1 aliphatic rings. The Morgan fingerprint density at radius 3 is 2.40 bits per heavy atom. The summed E-state index contributed by atoms with van der Waals surface area (Å²) >= 11 is 0. The van der Waals surface area contributed by atoms with Crippen LogP contribution in [-0.2, 0) is 23.8 Å². The molecule has 25 heavy (non-hydrogen) atoms. The molecule has 1 aliphatic heterocycles. The van der Waals surface area contributed by atoms with Crippen molar-refractivity contribution in [3.63, 3.8) is 0 Å². The first-order valence-corrected chi connectivity index (χ1v) is 7.33. The Bertz CT molecular complexity index is 645. The number of hydrogen-bond donors (Lipinski definition) is 1. The van der Waals surface area contributed by atoms with Crippen LogP contribution in [-0.4, -0.2) is 53.2 Å². The van der Waals surface area contributed by atoms with Gasteiger partial charge < -0.3 is 24.1 Å². The van der Waals surface area contributed by atoms with E-state index in [4.69, 9.17) is 18.9 Å². The highest BCUT2D eigenvalue weighted by molar-refractivity contribution is 5.66. The molecule has 1 heterocycles. The zero-order chi connectivity index (χ0) is 18.6. The number of benzene rings is 1. The molecule has 4 atom stereocenters. The van der Waals surface area contributed by atoms with Crippen LogP contribution in [0.15, 0.2) is 24.3 Å². The van der Waals surface area contributed by atoms with E-state index in [0.29, 0.717) is 0 Å². The Balaban J connectivity index is 2.07. The first-order chi connectivity index (χ1) is 11.8. The molecule has 1 fully saturated rings. The van der Waals surface area contributed by atoms with Crippen molar-refractivity contribution in [3.8, 4) is 5.75 Å². The second kappa shape index (κ2) is 7.90. The van der Waals surface area contributed by atoms with E-state index in [1.165, 1.54) is 38.1 Å². The number of ether oxygens (including phenoxy) is 4. The van der Waals surface area contributed by atoms with Gasteiger partial charge in [-0.1, -0.05) is 0 Å². The van der Waals surface area contributed by atoms with Crippen molar-refractivity contribution < 1.29 is 38.6 Å². The summed E-state index contributed by atoms with van der Waals surface area (Å²) in [6.07, 6.45) is -4.53. The number of esters is 2. The summed E-state index contributed by atoms with van der Waals surface area (Å²) in [5.41, 5.74) is -0.120. The van der Waals surface area contributed by atoms with Gasteiger partial charge in [0.2, 0.25) is 6.29 Å². The highest BCUT2D eigenvalue weighted by Gasteiger charge is 2.48. The maximum atomic E-state index is 11.2. The van der Waals surface area contributed by atoms with Gasteiger partial charge in [0.25, 0.3) is 5.69 Å². The minimum atomic E-state index is -1.33. The molecule has 2 rings (SSSR count). The molecule has 0 saturated carbocycles. The number of carbonyl (C=O) groups excluding carboxylic acids is 2. The van der Waals surface area contributed by atoms with Gasteiger partial charge in [-0.2, -0.15) is 0 Å². The van der Waals surface area contributed by atoms with E-state index in [1.54, 1.807) is 0 Å². The summed E-state index contributed by atoms with van der Waals surface area (Å²) in [5.74, 6) is -0.986. The molecule has 1 N–H and O–H groups in total. The van der Waals surface area contributed by atoms with Crippen LogP contribution in [0.4, 0.5) is 5.69 Å². The van der Waals surface area contributed by atoms with Crippen LogP contribution in [0.2, 0.25) is 0 Å². The van der Waals surface area contributed by atoms with Crippen molar-refractivity contribution in [3.05, 3.63) is 34.4 Å². The number of aliphatic hydroxyl groups excluding tert-OH is 1. The SMILES string of the molecule is CC(=O)OC[C@@H]1O[C@@H](Oc2ccc([N+](=O)[O-])cc2)[C@H](O)[C@H]1OC(C)=O. The largest absolute Gasteiger partial charge is 0.463 e. The summed E-state index contributed by atoms with van der Waals surface area (Å²) in [6, 6.07) is 5.15. The monoisotopic (exact) mass is 355 g/mol. The summed E-state index contributed by atoms with van der Waals surface area (Å²) in [7, 11) is 0. The molecule has 0 aliphatic carbocycles. The minimum Gasteiger partial charge on any atom is -0.463 e. The fourth-order valence-corrected chi connectivity index (χ4v) is 2.25. The standard InChI is InChI=1S/C15H17NO9/c1-8(17)22-7-12-14(23-9(2)18)13(19)15(25-12)24-11-5-3-10(4-6-11)16(20)21/h3-6,12-15,19H,7H2,1-2H3/t12-,13+,14-,15+/m0/s1. The quantitative estimate of drug-likeness (QED) is 0.441. The maximum Gasteiger partial charge on any atom is 0.303 e. The average Bonchev–Trinajstić information content (AvgIpc) is 2.82. The topological polar surface area (TPSA) is 134 Å². The molecule has 136 valence electrons. The summed E-state index contributed by atoms with van der Waals surface area (Å²) in [5, 5.41) is 20.9. The molecule has 0 spiro atoms. The number of nitro groups is 1. The van der Waals surface area contributed by atoms with Crippen LogP contribution in [0.25, 0.3) is 0 Å². The normalized spacial score (nSPS) is 25.2. The smallest absolute Gasteiger partial charge is 0.303 e. The van der Waals surface area contributed by atoms with Gasteiger partial charge in [0, 0.05) is 26.0 Å². The Labute approximate surface area is 142 Å². The molecule has 0 bridgehead atoms. The van der Waals surface area contributed by atoms with Crippen molar-refractivity contribution in [1.82, 2.24) is 0 Å². The minimum absolute atomic E-state index is 0.120.